The van der Waals surface area contributed by atoms with Crippen molar-refractivity contribution in [1.29, 1.82) is 0 Å². The fourth-order valence-electron chi connectivity index (χ4n) is 1.46. The summed E-state index contributed by atoms with van der Waals surface area (Å²) in [6, 6.07) is 0.313. The molecule has 2 unspecified atom stereocenters. The molecular formula is C9H17NO2. The fourth-order valence-corrected chi connectivity index (χ4v) is 1.46. The van der Waals surface area contributed by atoms with Gasteiger partial charge in [-0.05, 0) is 27.7 Å². The number of ether oxygens (including phenoxy) is 1. The van der Waals surface area contributed by atoms with Crippen molar-refractivity contribution in [3.63, 3.8) is 0 Å². The Balaban J connectivity index is 2.84. The van der Waals surface area contributed by atoms with E-state index >= 15 is 0 Å². The summed E-state index contributed by atoms with van der Waals surface area (Å²) in [6.07, 6.45) is 0.881. The van der Waals surface area contributed by atoms with E-state index in [1.165, 1.54) is 0 Å². The minimum absolute atomic E-state index is 0.285. The highest BCUT2D eigenvalue weighted by Crippen LogP contribution is 2.27. The second-order valence-corrected chi connectivity index (χ2v) is 4.21. The maximum absolute atomic E-state index is 10.8. The third kappa shape index (κ3) is 1.39. The fraction of sp³-hybridized carbons (Fsp3) is 0.889. The zero-order valence-electron chi connectivity index (χ0n) is 8.18. The highest BCUT2D eigenvalue weighted by Gasteiger charge is 2.46. The molecule has 12 heavy (non-hydrogen) atoms. The van der Waals surface area contributed by atoms with Gasteiger partial charge < -0.3 is 14.8 Å². The van der Waals surface area contributed by atoms with Gasteiger partial charge in [0.1, 0.15) is 5.60 Å². The molecule has 1 rings (SSSR count). The first-order valence-electron chi connectivity index (χ1n) is 4.29. The Bertz CT molecular complexity index is 191. The van der Waals surface area contributed by atoms with Gasteiger partial charge >= 0.3 is 0 Å². The lowest BCUT2D eigenvalue weighted by Gasteiger charge is -2.47. The Hall–Kier alpha value is -0.410. The lowest BCUT2D eigenvalue weighted by atomic mass is 9.83. The van der Waals surface area contributed by atoms with Gasteiger partial charge in [0.2, 0.25) is 0 Å². The van der Waals surface area contributed by atoms with Crippen LogP contribution < -0.4 is 5.32 Å². The van der Waals surface area contributed by atoms with Crippen molar-refractivity contribution < 1.29 is 9.53 Å². The molecule has 1 saturated heterocycles. The largest absolute Gasteiger partial charge is 0.364 e. The molecular weight excluding hydrogens is 154 g/mol. The number of hydrogen-bond acceptors (Lipinski definition) is 3. The molecule has 0 bridgehead atoms. The third-order valence-corrected chi connectivity index (χ3v) is 2.71. The molecule has 0 aromatic heterocycles. The first-order valence-corrected chi connectivity index (χ1v) is 4.29. The second-order valence-electron chi connectivity index (χ2n) is 4.21. The van der Waals surface area contributed by atoms with Gasteiger partial charge in [0.25, 0.3) is 0 Å². The van der Waals surface area contributed by atoms with Crippen molar-refractivity contribution in [2.75, 3.05) is 6.61 Å². The van der Waals surface area contributed by atoms with E-state index in [0.29, 0.717) is 12.6 Å². The molecule has 1 N–H and O–H groups in total. The molecule has 2 atom stereocenters. The van der Waals surface area contributed by atoms with Gasteiger partial charge in [-0.2, -0.15) is 0 Å². The predicted octanol–water partition coefficient (Wildman–Crippen LogP) is 0.731. The van der Waals surface area contributed by atoms with Crippen molar-refractivity contribution in [2.24, 2.45) is 0 Å². The molecule has 0 spiro atoms. The van der Waals surface area contributed by atoms with Crippen LogP contribution in [0.2, 0.25) is 0 Å². The van der Waals surface area contributed by atoms with Gasteiger partial charge in [0, 0.05) is 11.6 Å². The topological polar surface area (TPSA) is 38.3 Å². The average molecular weight is 171 g/mol. The molecule has 70 valence electrons. The van der Waals surface area contributed by atoms with Crippen LogP contribution in [-0.4, -0.2) is 30.1 Å². The van der Waals surface area contributed by atoms with E-state index in [1.807, 2.05) is 27.7 Å². The van der Waals surface area contributed by atoms with E-state index in [9.17, 15) is 4.79 Å². The molecule has 1 fully saturated rings. The Morgan fingerprint density at radius 3 is 2.50 bits per heavy atom. The van der Waals surface area contributed by atoms with Crippen molar-refractivity contribution >= 4 is 6.29 Å². The normalized spacial score (nSPS) is 40.8. The number of nitrogens with one attached hydrogen (secondary N) is 1. The number of aldehydes is 1. The molecule has 0 amide bonds. The molecule has 0 aromatic rings. The van der Waals surface area contributed by atoms with Crippen LogP contribution in [-0.2, 0) is 9.53 Å². The van der Waals surface area contributed by atoms with Crippen molar-refractivity contribution in [3.05, 3.63) is 0 Å². The van der Waals surface area contributed by atoms with Crippen LogP contribution in [0, 0.1) is 0 Å². The molecule has 3 heteroatoms. The number of carbonyl (C=O) groups excluding carboxylic acids is 1. The molecule has 1 aliphatic rings. The first kappa shape index (κ1) is 9.68. The Labute approximate surface area is 73.5 Å². The van der Waals surface area contributed by atoms with Crippen LogP contribution in [0.15, 0.2) is 0 Å². The van der Waals surface area contributed by atoms with Crippen LogP contribution in [0.3, 0.4) is 0 Å². The van der Waals surface area contributed by atoms with E-state index in [2.05, 4.69) is 5.32 Å². The Kier molecular flexibility index (Phi) is 2.27. The number of morpholine rings is 1. The lowest BCUT2D eigenvalue weighted by Crippen LogP contribution is -2.67. The number of carbonyl (C=O) groups is 1. The molecule has 1 aliphatic heterocycles. The van der Waals surface area contributed by atoms with E-state index in [-0.39, 0.29) is 5.54 Å². The Morgan fingerprint density at radius 1 is 1.50 bits per heavy atom. The highest BCUT2D eigenvalue weighted by atomic mass is 16.5. The monoisotopic (exact) mass is 171 g/mol. The second kappa shape index (κ2) is 2.82. The maximum atomic E-state index is 10.8. The lowest BCUT2D eigenvalue weighted by molar-refractivity contribution is -0.152. The van der Waals surface area contributed by atoms with Crippen molar-refractivity contribution in [2.45, 2.75) is 44.9 Å². The predicted molar refractivity (Wildman–Crippen MR) is 47.1 cm³/mol. The van der Waals surface area contributed by atoms with Crippen molar-refractivity contribution in [3.8, 4) is 0 Å². The van der Waals surface area contributed by atoms with Crippen LogP contribution in [0.1, 0.15) is 27.7 Å². The van der Waals surface area contributed by atoms with Crippen LogP contribution >= 0.6 is 0 Å². The Morgan fingerprint density at radius 2 is 2.08 bits per heavy atom. The molecule has 3 nitrogen and oxygen atoms in total. The average Bonchev–Trinajstić information content (AvgIpc) is 1.97. The summed E-state index contributed by atoms with van der Waals surface area (Å²) in [5.41, 5.74) is -0.980. The molecule has 0 radical (unpaired) electrons. The van der Waals surface area contributed by atoms with Gasteiger partial charge in [-0.25, -0.2) is 0 Å². The van der Waals surface area contributed by atoms with E-state index in [4.69, 9.17) is 4.74 Å². The van der Waals surface area contributed by atoms with Gasteiger partial charge in [0.05, 0.1) is 6.61 Å². The molecule has 0 aromatic carbocycles. The summed E-state index contributed by atoms with van der Waals surface area (Å²) < 4.78 is 5.51. The van der Waals surface area contributed by atoms with Crippen molar-refractivity contribution in [1.82, 2.24) is 5.32 Å². The molecule has 0 aliphatic carbocycles. The van der Waals surface area contributed by atoms with E-state index in [0.717, 1.165) is 6.29 Å². The quantitative estimate of drug-likeness (QED) is 0.591. The smallest absolute Gasteiger partial charge is 0.153 e. The zero-order valence-corrected chi connectivity index (χ0v) is 8.18. The SMILES string of the molecule is CC1COC(C)(C=O)C(C)(C)N1. The standard InChI is InChI=1S/C9H17NO2/c1-7-5-12-9(4,6-11)8(2,3)10-7/h6-7,10H,5H2,1-4H3. The molecule has 0 saturated carbocycles. The van der Waals surface area contributed by atoms with Crippen LogP contribution in [0.5, 0.6) is 0 Å². The number of hydrogen-bond donors (Lipinski definition) is 1. The summed E-state index contributed by atoms with van der Waals surface area (Å²) in [6.45, 7) is 8.43. The zero-order chi connectivity index (χ0) is 9.41. The van der Waals surface area contributed by atoms with Gasteiger partial charge in [-0.3, -0.25) is 0 Å². The third-order valence-electron chi connectivity index (χ3n) is 2.71. The summed E-state index contributed by atoms with van der Waals surface area (Å²) in [5.74, 6) is 0. The summed E-state index contributed by atoms with van der Waals surface area (Å²) in [5, 5.41) is 3.34. The van der Waals surface area contributed by atoms with E-state index in [1.54, 1.807) is 0 Å². The minimum atomic E-state index is -0.695. The van der Waals surface area contributed by atoms with Gasteiger partial charge in [0.15, 0.2) is 6.29 Å². The van der Waals surface area contributed by atoms with Crippen LogP contribution in [0.25, 0.3) is 0 Å². The van der Waals surface area contributed by atoms with Crippen LogP contribution in [0.4, 0.5) is 0 Å². The summed E-state index contributed by atoms with van der Waals surface area (Å²) in [7, 11) is 0. The summed E-state index contributed by atoms with van der Waals surface area (Å²) >= 11 is 0. The maximum Gasteiger partial charge on any atom is 0.153 e. The highest BCUT2D eigenvalue weighted by molar-refractivity contribution is 5.65. The number of rotatable bonds is 1. The minimum Gasteiger partial charge on any atom is -0.364 e. The van der Waals surface area contributed by atoms with Gasteiger partial charge in [-0.15, -0.1) is 0 Å². The molecule has 1 heterocycles. The first-order chi connectivity index (χ1) is 5.41. The van der Waals surface area contributed by atoms with Gasteiger partial charge in [-0.1, -0.05) is 0 Å². The van der Waals surface area contributed by atoms with E-state index < -0.39 is 5.60 Å². The summed E-state index contributed by atoms with van der Waals surface area (Å²) in [4.78, 5) is 10.8.